The molecule has 43 heavy (non-hydrogen) atoms. The van der Waals surface area contributed by atoms with Crippen LogP contribution in [0.1, 0.15) is 56.8 Å². The van der Waals surface area contributed by atoms with Crippen LogP contribution in [0.4, 0.5) is 4.39 Å². The zero-order valence-electron chi connectivity index (χ0n) is 24.0. The highest BCUT2D eigenvalue weighted by molar-refractivity contribution is 7.22. The Morgan fingerprint density at radius 3 is 2.60 bits per heavy atom. The predicted octanol–water partition coefficient (Wildman–Crippen LogP) is 4.49. The zero-order valence-corrected chi connectivity index (χ0v) is 25.7. The Labute approximate surface area is 253 Å². The van der Waals surface area contributed by atoms with Gasteiger partial charge in [0, 0.05) is 5.56 Å². The molecular formula is C29H31FN4O7S2. The fraction of sp³-hybridized carbons (Fsp3) is 0.483. The summed E-state index contributed by atoms with van der Waals surface area (Å²) in [6.07, 6.45) is 2.22. The van der Waals surface area contributed by atoms with Gasteiger partial charge in [-0.2, -0.15) is 4.37 Å². The van der Waals surface area contributed by atoms with E-state index in [2.05, 4.69) is 9.36 Å². The number of aromatic nitrogens is 4. The third kappa shape index (κ3) is 5.19. The first-order valence-corrected chi connectivity index (χ1v) is 15.6. The molecule has 6 rings (SSSR count). The maximum Gasteiger partial charge on any atom is 0.333 e. The van der Waals surface area contributed by atoms with Crippen LogP contribution in [0.25, 0.3) is 20.9 Å². The Morgan fingerprint density at radius 2 is 1.98 bits per heavy atom. The SMILES string of the molecule is COc1ccc(F)cc1[C@H](Cn1c(=O)n(C(C)(C)C(=O)O)c(=O)c2c(C)c(-c3ncsn3)sc21)O[C@@H]1C[C@H]2CC[C@@H](C1)O2. The van der Waals surface area contributed by atoms with E-state index in [4.69, 9.17) is 14.2 Å². The smallest absolute Gasteiger partial charge is 0.333 e. The summed E-state index contributed by atoms with van der Waals surface area (Å²) >= 11 is 2.32. The van der Waals surface area contributed by atoms with Crippen molar-refractivity contribution in [3.8, 4) is 16.5 Å². The van der Waals surface area contributed by atoms with Crippen molar-refractivity contribution in [2.24, 2.45) is 0 Å². The highest BCUT2D eigenvalue weighted by Crippen LogP contribution is 2.40. The van der Waals surface area contributed by atoms with Gasteiger partial charge in [0.05, 0.1) is 42.2 Å². The molecule has 4 atom stereocenters. The Kier molecular flexibility index (Phi) is 7.73. The maximum atomic E-state index is 14.7. The normalized spacial score (nSPS) is 20.9. The van der Waals surface area contributed by atoms with Gasteiger partial charge in [-0.1, -0.05) is 0 Å². The molecule has 5 heterocycles. The molecule has 0 radical (unpaired) electrons. The Balaban J connectivity index is 1.57. The molecule has 2 fully saturated rings. The molecule has 2 aliphatic heterocycles. The molecule has 2 saturated heterocycles. The first-order valence-electron chi connectivity index (χ1n) is 13.9. The number of rotatable bonds is 9. The van der Waals surface area contributed by atoms with Crippen LogP contribution < -0.4 is 16.0 Å². The molecule has 3 aromatic heterocycles. The van der Waals surface area contributed by atoms with E-state index in [0.717, 1.165) is 28.9 Å². The number of ether oxygens (including phenoxy) is 3. The molecular weight excluding hydrogens is 599 g/mol. The number of hydrogen-bond donors (Lipinski definition) is 1. The molecule has 0 spiro atoms. The monoisotopic (exact) mass is 630 g/mol. The minimum absolute atomic E-state index is 0.0691. The number of benzene rings is 1. The first-order chi connectivity index (χ1) is 20.5. The van der Waals surface area contributed by atoms with Crippen LogP contribution in [0.3, 0.4) is 0 Å². The minimum Gasteiger partial charge on any atom is -0.496 e. The Morgan fingerprint density at radius 1 is 1.26 bits per heavy atom. The van der Waals surface area contributed by atoms with Crippen molar-refractivity contribution in [3.63, 3.8) is 0 Å². The van der Waals surface area contributed by atoms with Crippen molar-refractivity contribution >= 4 is 39.1 Å². The quantitative estimate of drug-likeness (QED) is 0.284. The average molecular weight is 631 g/mol. The number of carboxylic acids is 1. The van der Waals surface area contributed by atoms with E-state index in [1.54, 1.807) is 12.4 Å². The summed E-state index contributed by atoms with van der Waals surface area (Å²) in [5.74, 6) is -1.07. The molecule has 228 valence electrons. The van der Waals surface area contributed by atoms with Crippen molar-refractivity contribution in [1.29, 1.82) is 0 Å². The number of methoxy groups -OCH3 is 1. The number of thiophene rings is 1. The second-order valence-corrected chi connectivity index (χ2v) is 13.1. The molecule has 2 aliphatic rings. The van der Waals surface area contributed by atoms with Gasteiger partial charge < -0.3 is 19.3 Å². The van der Waals surface area contributed by atoms with Crippen LogP contribution in [-0.4, -0.2) is 55.0 Å². The summed E-state index contributed by atoms with van der Waals surface area (Å²) in [5.41, 5.74) is -0.912. The number of halogens is 1. The number of fused-ring (bicyclic) bond motifs is 3. The summed E-state index contributed by atoms with van der Waals surface area (Å²) in [7, 11) is 1.47. The largest absolute Gasteiger partial charge is 0.496 e. The molecule has 0 saturated carbocycles. The van der Waals surface area contributed by atoms with Crippen molar-refractivity contribution in [2.75, 3.05) is 7.11 Å². The van der Waals surface area contributed by atoms with Crippen LogP contribution >= 0.6 is 22.9 Å². The lowest BCUT2D eigenvalue weighted by Crippen LogP contribution is -2.52. The molecule has 14 heteroatoms. The van der Waals surface area contributed by atoms with Crippen LogP contribution in [0.15, 0.2) is 33.3 Å². The van der Waals surface area contributed by atoms with E-state index in [0.29, 0.717) is 45.3 Å². The van der Waals surface area contributed by atoms with Crippen LogP contribution in [-0.2, 0) is 26.4 Å². The van der Waals surface area contributed by atoms with E-state index < -0.39 is 34.7 Å². The lowest BCUT2D eigenvalue weighted by atomic mass is 10.0. The Hall–Kier alpha value is -3.46. The molecule has 2 bridgehead atoms. The second-order valence-electron chi connectivity index (χ2n) is 11.5. The molecule has 1 N–H and O–H groups in total. The third-order valence-electron chi connectivity index (χ3n) is 8.35. The minimum atomic E-state index is -1.87. The zero-order chi connectivity index (χ0) is 30.6. The van der Waals surface area contributed by atoms with E-state index in [1.807, 2.05) is 0 Å². The van der Waals surface area contributed by atoms with Crippen molar-refractivity contribution in [1.82, 2.24) is 18.5 Å². The Bertz CT molecular complexity index is 1800. The standard InChI is InChI=1S/C29H31FN4O7S2/c1-14-22-25(35)34(29(2,3)27(36)37)28(38)33(26(22)43-23(14)24-31-13-42-32-24)12-21(19-9-15(30)5-8-20(19)39-4)41-18-10-16-6-7-17(11-18)40-16/h5,8-9,13,16-18,21H,6-7,10-12H2,1-4H3,(H,36,37)/t16-,17+,18-,21-/m0/s1. The van der Waals surface area contributed by atoms with Crippen molar-refractivity contribution in [3.05, 3.63) is 61.5 Å². The predicted molar refractivity (Wildman–Crippen MR) is 159 cm³/mol. The van der Waals surface area contributed by atoms with Gasteiger partial charge in [-0.15, -0.1) is 11.3 Å². The van der Waals surface area contributed by atoms with Crippen LogP contribution in [0.2, 0.25) is 0 Å². The summed E-state index contributed by atoms with van der Waals surface area (Å²) < 4.78 is 39.4. The lowest BCUT2D eigenvalue weighted by Gasteiger charge is -2.33. The van der Waals surface area contributed by atoms with Gasteiger partial charge >= 0.3 is 11.7 Å². The average Bonchev–Trinajstić information content (AvgIpc) is 3.69. The fourth-order valence-electron chi connectivity index (χ4n) is 6.07. The number of hydrogen-bond acceptors (Lipinski definition) is 10. The van der Waals surface area contributed by atoms with Gasteiger partial charge in [-0.3, -0.25) is 9.36 Å². The molecule has 11 nitrogen and oxygen atoms in total. The number of carbonyl (C=O) groups is 1. The first kappa shape index (κ1) is 29.6. The summed E-state index contributed by atoms with van der Waals surface area (Å²) in [5, 5.41) is 10.2. The molecule has 0 amide bonds. The lowest BCUT2D eigenvalue weighted by molar-refractivity contribution is -0.146. The van der Waals surface area contributed by atoms with Crippen LogP contribution in [0.5, 0.6) is 5.75 Å². The molecule has 1 aromatic carbocycles. The van der Waals surface area contributed by atoms with Gasteiger partial charge in [0.1, 0.15) is 33.6 Å². The molecule has 4 aromatic rings. The van der Waals surface area contributed by atoms with Crippen molar-refractivity contribution < 1.29 is 28.5 Å². The summed E-state index contributed by atoms with van der Waals surface area (Å²) in [6, 6.07) is 4.10. The van der Waals surface area contributed by atoms with E-state index in [1.165, 1.54) is 55.1 Å². The highest BCUT2D eigenvalue weighted by Gasteiger charge is 2.39. The summed E-state index contributed by atoms with van der Waals surface area (Å²) in [4.78, 5) is 45.6. The number of nitrogens with zero attached hydrogens (tertiary/aromatic N) is 4. The number of aliphatic carboxylic acids is 1. The molecule has 0 unspecified atom stereocenters. The highest BCUT2D eigenvalue weighted by atomic mass is 32.1. The van der Waals surface area contributed by atoms with Gasteiger partial charge in [0.15, 0.2) is 5.82 Å². The number of carboxylic acid groups (broad SMARTS) is 1. The van der Waals surface area contributed by atoms with Gasteiger partial charge in [0.25, 0.3) is 5.56 Å². The van der Waals surface area contributed by atoms with Crippen LogP contribution in [0, 0.1) is 12.7 Å². The topological polar surface area (TPSA) is 135 Å². The van der Waals surface area contributed by atoms with E-state index in [9.17, 15) is 23.9 Å². The fourth-order valence-corrected chi connectivity index (χ4v) is 7.80. The summed E-state index contributed by atoms with van der Waals surface area (Å²) in [6.45, 7) is 4.20. The van der Waals surface area contributed by atoms with E-state index in [-0.39, 0.29) is 30.2 Å². The van der Waals surface area contributed by atoms with E-state index >= 15 is 0 Å². The third-order valence-corrected chi connectivity index (χ3v) is 10.1. The van der Waals surface area contributed by atoms with Gasteiger partial charge in [-0.05, 0) is 81.7 Å². The number of aryl methyl sites for hydroxylation is 1. The second kappa shape index (κ2) is 11.2. The van der Waals surface area contributed by atoms with Gasteiger partial charge in [0.2, 0.25) is 0 Å². The molecule has 0 aliphatic carbocycles. The maximum absolute atomic E-state index is 14.7. The van der Waals surface area contributed by atoms with Crippen molar-refractivity contribution in [2.45, 2.75) is 83.0 Å². The van der Waals surface area contributed by atoms with Gasteiger partial charge in [-0.25, -0.2) is 23.5 Å².